The Morgan fingerprint density at radius 1 is 1.30 bits per heavy atom. The van der Waals surface area contributed by atoms with Crippen molar-refractivity contribution in [2.24, 2.45) is 5.92 Å². The summed E-state index contributed by atoms with van der Waals surface area (Å²) < 4.78 is 34.4. The molecule has 20 heavy (non-hydrogen) atoms. The summed E-state index contributed by atoms with van der Waals surface area (Å²) in [6, 6.07) is 8.52. The zero-order valence-electron chi connectivity index (χ0n) is 12.2. The molecule has 0 unspecified atom stereocenters. The van der Waals surface area contributed by atoms with Crippen LogP contribution < -0.4 is 0 Å². The average molecular weight is 298 g/mol. The number of methoxy groups -OCH3 is 1. The van der Waals surface area contributed by atoms with Crippen LogP contribution in [0.2, 0.25) is 0 Å². The van der Waals surface area contributed by atoms with Gasteiger partial charge in [-0.1, -0.05) is 36.8 Å². The van der Waals surface area contributed by atoms with Gasteiger partial charge in [0.05, 0.1) is 17.3 Å². The van der Waals surface area contributed by atoms with E-state index in [1.165, 1.54) is 0 Å². The van der Waals surface area contributed by atoms with Crippen molar-refractivity contribution in [2.45, 2.75) is 18.7 Å². The average Bonchev–Trinajstić information content (AvgIpc) is 2.39. The van der Waals surface area contributed by atoms with Gasteiger partial charge in [-0.3, -0.25) is 0 Å². The summed E-state index contributed by atoms with van der Waals surface area (Å²) in [4.78, 5) is 0.369. The molecule has 112 valence electrons. The molecule has 1 aromatic carbocycles. The largest absolute Gasteiger partial charge is 0.359 e. The molecule has 0 heterocycles. The van der Waals surface area contributed by atoms with Crippen molar-refractivity contribution in [1.82, 2.24) is 0 Å². The Hall–Kier alpha value is -1.17. The molecule has 4 nitrogen and oxygen atoms in total. The predicted molar refractivity (Wildman–Crippen MR) is 79.2 cm³/mol. The summed E-state index contributed by atoms with van der Waals surface area (Å²) >= 11 is 0. The van der Waals surface area contributed by atoms with Gasteiger partial charge in [-0.2, -0.15) is 0 Å². The molecular formula is C15H22O4S. The lowest BCUT2D eigenvalue weighted by molar-refractivity contribution is -0.0212. The third kappa shape index (κ3) is 5.86. The number of ether oxygens (including phenoxy) is 2. The Labute approximate surface area is 121 Å². The van der Waals surface area contributed by atoms with Crippen molar-refractivity contribution in [1.29, 1.82) is 0 Å². The molecule has 0 amide bonds. The van der Waals surface area contributed by atoms with Crippen LogP contribution in [0.1, 0.15) is 13.8 Å². The fourth-order valence-corrected chi connectivity index (χ4v) is 3.49. The fourth-order valence-electron chi connectivity index (χ4n) is 1.94. The first-order valence-corrected chi connectivity index (χ1v) is 8.12. The third-order valence-electron chi connectivity index (χ3n) is 2.68. The molecule has 0 bridgehead atoms. The highest BCUT2D eigenvalue weighted by molar-refractivity contribution is 7.91. The highest BCUT2D eigenvalue weighted by atomic mass is 32.2. The van der Waals surface area contributed by atoms with E-state index < -0.39 is 9.84 Å². The maximum absolute atomic E-state index is 12.2. The van der Waals surface area contributed by atoms with Gasteiger partial charge in [-0.25, -0.2) is 8.42 Å². The molecule has 0 aliphatic carbocycles. The Bertz CT molecular complexity index is 520. The van der Waals surface area contributed by atoms with Crippen molar-refractivity contribution in [3.63, 3.8) is 0 Å². The minimum atomic E-state index is -3.24. The number of benzene rings is 1. The third-order valence-corrected chi connectivity index (χ3v) is 4.64. The van der Waals surface area contributed by atoms with Gasteiger partial charge in [0, 0.05) is 7.11 Å². The summed E-state index contributed by atoms with van der Waals surface area (Å²) in [6.07, 6.45) is 1.93. The lowest BCUT2D eigenvalue weighted by Gasteiger charge is -2.10. The molecular weight excluding hydrogens is 276 g/mol. The highest BCUT2D eigenvalue weighted by Crippen LogP contribution is 2.15. The van der Waals surface area contributed by atoms with Gasteiger partial charge in [0.15, 0.2) is 9.84 Å². The maximum Gasteiger partial charge on any atom is 0.178 e. The molecule has 0 saturated heterocycles. The van der Waals surface area contributed by atoms with Crippen LogP contribution in [0.4, 0.5) is 0 Å². The molecule has 5 heteroatoms. The molecule has 1 rings (SSSR count). The van der Waals surface area contributed by atoms with E-state index in [1.54, 1.807) is 37.4 Å². The van der Waals surface area contributed by atoms with E-state index in [0.29, 0.717) is 11.5 Å². The molecule has 0 aliphatic rings. The lowest BCUT2D eigenvalue weighted by Crippen LogP contribution is -2.13. The molecule has 1 atom stereocenters. The number of sulfone groups is 1. The van der Waals surface area contributed by atoms with Gasteiger partial charge in [0.2, 0.25) is 0 Å². The first kappa shape index (κ1) is 16.9. The van der Waals surface area contributed by atoms with Gasteiger partial charge < -0.3 is 9.47 Å². The van der Waals surface area contributed by atoms with Crippen molar-refractivity contribution >= 4 is 9.84 Å². The molecule has 0 aliphatic heterocycles. The van der Waals surface area contributed by atoms with Gasteiger partial charge in [-0.05, 0) is 25.0 Å². The summed E-state index contributed by atoms with van der Waals surface area (Å²) in [7, 11) is -1.68. The summed E-state index contributed by atoms with van der Waals surface area (Å²) in [5.74, 6) is 0.0323. The van der Waals surface area contributed by atoms with Gasteiger partial charge in [-0.15, -0.1) is 0 Å². The number of hydrogen-bond acceptors (Lipinski definition) is 4. The van der Waals surface area contributed by atoms with Gasteiger partial charge in [0.25, 0.3) is 0 Å². The zero-order chi connectivity index (χ0) is 15.0. The smallest absolute Gasteiger partial charge is 0.178 e. The fraction of sp³-hybridized carbons (Fsp3) is 0.467. The van der Waals surface area contributed by atoms with E-state index in [1.807, 2.05) is 19.9 Å². The van der Waals surface area contributed by atoms with E-state index in [9.17, 15) is 8.42 Å². The van der Waals surface area contributed by atoms with Crippen molar-refractivity contribution in [3.05, 3.63) is 42.0 Å². The highest BCUT2D eigenvalue weighted by Gasteiger charge is 2.16. The minimum Gasteiger partial charge on any atom is -0.359 e. The van der Waals surface area contributed by atoms with Gasteiger partial charge in [0.1, 0.15) is 6.79 Å². The van der Waals surface area contributed by atoms with Crippen LogP contribution in [0.25, 0.3) is 0 Å². The van der Waals surface area contributed by atoms with E-state index in [4.69, 9.17) is 9.47 Å². The Balaban J connectivity index is 2.61. The van der Waals surface area contributed by atoms with Crippen LogP contribution >= 0.6 is 0 Å². The first-order chi connectivity index (χ1) is 9.45. The van der Waals surface area contributed by atoms with Crippen LogP contribution in [0.3, 0.4) is 0 Å². The maximum atomic E-state index is 12.2. The SMILES string of the molecule is COCOC/C(C)=C/[C@@H](C)CS(=O)(=O)c1ccccc1. The van der Waals surface area contributed by atoms with Crippen LogP contribution in [-0.4, -0.2) is 34.7 Å². The normalized spacial score (nSPS) is 14.2. The topological polar surface area (TPSA) is 52.6 Å². The van der Waals surface area contributed by atoms with Crippen LogP contribution in [-0.2, 0) is 19.3 Å². The molecule has 0 N–H and O–H groups in total. The van der Waals surface area contributed by atoms with Crippen LogP contribution in [0, 0.1) is 5.92 Å². The quantitative estimate of drug-likeness (QED) is 0.420. The van der Waals surface area contributed by atoms with Gasteiger partial charge >= 0.3 is 0 Å². The summed E-state index contributed by atoms with van der Waals surface area (Å²) in [5.41, 5.74) is 0.998. The van der Waals surface area contributed by atoms with Crippen LogP contribution in [0.5, 0.6) is 0 Å². The lowest BCUT2D eigenvalue weighted by atomic mass is 10.1. The molecule has 0 spiro atoms. The zero-order valence-corrected chi connectivity index (χ0v) is 13.0. The van der Waals surface area contributed by atoms with E-state index in [2.05, 4.69) is 0 Å². The van der Waals surface area contributed by atoms with Crippen molar-refractivity contribution in [3.8, 4) is 0 Å². The monoisotopic (exact) mass is 298 g/mol. The van der Waals surface area contributed by atoms with Crippen molar-refractivity contribution in [2.75, 3.05) is 26.3 Å². The number of rotatable bonds is 8. The van der Waals surface area contributed by atoms with E-state index in [0.717, 1.165) is 5.57 Å². The molecule has 0 aromatic heterocycles. The van der Waals surface area contributed by atoms with Crippen molar-refractivity contribution < 1.29 is 17.9 Å². The second-order valence-corrected chi connectivity index (χ2v) is 6.87. The number of hydrogen-bond donors (Lipinski definition) is 0. The molecule has 0 fully saturated rings. The minimum absolute atomic E-state index is 0.0636. The molecule has 0 radical (unpaired) electrons. The Morgan fingerprint density at radius 3 is 2.55 bits per heavy atom. The van der Waals surface area contributed by atoms with E-state index in [-0.39, 0.29) is 18.5 Å². The van der Waals surface area contributed by atoms with E-state index >= 15 is 0 Å². The predicted octanol–water partition coefficient (Wildman–Crippen LogP) is 2.66. The number of allylic oxidation sites excluding steroid dienone is 1. The standard InChI is InChI=1S/C15H22O4S/c1-13(10-19-12-18-3)9-14(2)11-20(16,17)15-7-5-4-6-8-15/h4-9,14H,10-12H2,1-3H3/b13-9+/t14-/m1/s1. The molecule has 1 aromatic rings. The molecule has 0 saturated carbocycles. The second kappa shape index (κ2) is 8.19. The van der Waals surface area contributed by atoms with Crippen LogP contribution in [0.15, 0.2) is 46.9 Å². The summed E-state index contributed by atoms with van der Waals surface area (Å²) in [6.45, 7) is 4.49. The summed E-state index contributed by atoms with van der Waals surface area (Å²) in [5, 5.41) is 0. The first-order valence-electron chi connectivity index (χ1n) is 6.47. The Kier molecular flexibility index (Phi) is 6.91. The Morgan fingerprint density at radius 2 is 1.95 bits per heavy atom. The second-order valence-electron chi connectivity index (χ2n) is 4.84.